The van der Waals surface area contributed by atoms with Crippen molar-refractivity contribution < 1.29 is 15.3 Å². The van der Waals surface area contributed by atoms with Gasteiger partial charge >= 0.3 is 0 Å². The number of rotatable bonds is 9. The summed E-state index contributed by atoms with van der Waals surface area (Å²) in [5.41, 5.74) is 10.4. The van der Waals surface area contributed by atoms with Gasteiger partial charge in [0.05, 0.1) is 19.8 Å². The second kappa shape index (κ2) is 9.12. The average Bonchev–Trinajstić information content (AvgIpc) is 2.60. The van der Waals surface area contributed by atoms with E-state index < -0.39 is 0 Å². The van der Waals surface area contributed by atoms with Crippen molar-refractivity contribution >= 4 is 17.1 Å². The van der Waals surface area contributed by atoms with Gasteiger partial charge in [-0.2, -0.15) is 0 Å². The van der Waals surface area contributed by atoms with Crippen molar-refractivity contribution in [2.75, 3.05) is 55.4 Å². The van der Waals surface area contributed by atoms with Crippen LogP contribution >= 0.6 is 0 Å². The average molecular weight is 331 g/mol. The zero-order valence-electron chi connectivity index (χ0n) is 13.7. The van der Waals surface area contributed by atoms with Crippen LogP contribution in [0.5, 0.6) is 0 Å². The molecular weight excluding hydrogens is 306 g/mol. The molecule has 2 aromatic carbocycles. The van der Waals surface area contributed by atoms with Gasteiger partial charge in [-0.3, -0.25) is 0 Å². The lowest BCUT2D eigenvalue weighted by molar-refractivity contribution is 0.281. The van der Waals surface area contributed by atoms with Crippen molar-refractivity contribution in [3.05, 3.63) is 42.5 Å². The largest absolute Gasteiger partial charge is 0.399 e. The van der Waals surface area contributed by atoms with Crippen LogP contribution in [0.2, 0.25) is 0 Å². The Morgan fingerprint density at radius 3 is 2.12 bits per heavy atom. The van der Waals surface area contributed by atoms with Gasteiger partial charge in [-0.05, 0) is 35.9 Å². The number of aliphatic hydroxyl groups excluding tert-OH is 3. The monoisotopic (exact) mass is 331 g/mol. The molecule has 6 N–H and O–H groups in total. The fourth-order valence-corrected chi connectivity index (χ4v) is 2.61. The van der Waals surface area contributed by atoms with E-state index in [4.69, 9.17) is 21.1 Å². The minimum Gasteiger partial charge on any atom is -0.399 e. The van der Waals surface area contributed by atoms with Crippen LogP contribution in [0.25, 0.3) is 11.1 Å². The Balaban J connectivity index is 2.28. The van der Waals surface area contributed by atoms with Crippen LogP contribution in [-0.2, 0) is 0 Å². The number of hydrogen-bond donors (Lipinski definition) is 5. The summed E-state index contributed by atoms with van der Waals surface area (Å²) in [5, 5.41) is 30.5. The molecule has 0 saturated heterocycles. The van der Waals surface area contributed by atoms with Gasteiger partial charge in [0.25, 0.3) is 0 Å². The number of anilines is 3. The van der Waals surface area contributed by atoms with Crippen molar-refractivity contribution in [1.29, 1.82) is 0 Å². The maximum atomic E-state index is 9.14. The zero-order valence-corrected chi connectivity index (χ0v) is 13.7. The van der Waals surface area contributed by atoms with Crippen LogP contribution in [0.15, 0.2) is 42.5 Å². The van der Waals surface area contributed by atoms with Crippen molar-refractivity contribution in [2.45, 2.75) is 0 Å². The predicted octanol–water partition coefficient (Wildman–Crippen LogP) is 1.13. The first-order chi connectivity index (χ1) is 11.7. The second-order valence-corrected chi connectivity index (χ2v) is 5.44. The molecule has 0 aliphatic carbocycles. The molecular formula is C18H25N3O3. The molecule has 0 fully saturated rings. The van der Waals surface area contributed by atoms with Crippen LogP contribution in [0.4, 0.5) is 17.1 Å². The summed E-state index contributed by atoms with van der Waals surface area (Å²) < 4.78 is 0. The lowest BCUT2D eigenvalue weighted by Crippen LogP contribution is -2.29. The van der Waals surface area contributed by atoms with E-state index in [1.165, 1.54) is 0 Å². The molecule has 0 bridgehead atoms. The Morgan fingerprint density at radius 2 is 1.54 bits per heavy atom. The van der Waals surface area contributed by atoms with E-state index >= 15 is 0 Å². The van der Waals surface area contributed by atoms with Crippen LogP contribution in [-0.4, -0.2) is 54.8 Å². The van der Waals surface area contributed by atoms with E-state index in [0.717, 1.165) is 22.5 Å². The molecule has 130 valence electrons. The van der Waals surface area contributed by atoms with Gasteiger partial charge in [0.2, 0.25) is 0 Å². The summed E-state index contributed by atoms with van der Waals surface area (Å²) in [4.78, 5) is 1.92. The predicted molar refractivity (Wildman–Crippen MR) is 98.3 cm³/mol. The fraction of sp³-hybridized carbons (Fsp3) is 0.333. The van der Waals surface area contributed by atoms with Gasteiger partial charge in [0.15, 0.2) is 0 Å². The molecule has 0 radical (unpaired) electrons. The third kappa shape index (κ3) is 4.61. The highest BCUT2D eigenvalue weighted by Crippen LogP contribution is 2.31. The van der Waals surface area contributed by atoms with Crippen molar-refractivity contribution in [3.63, 3.8) is 0 Å². The molecule has 0 heterocycles. The molecule has 0 saturated carbocycles. The first kappa shape index (κ1) is 18.1. The Morgan fingerprint density at radius 1 is 0.875 bits per heavy atom. The minimum absolute atomic E-state index is 0.0339. The highest BCUT2D eigenvalue weighted by molar-refractivity contribution is 5.81. The number of aliphatic hydroxyl groups is 3. The quantitative estimate of drug-likeness (QED) is 0.442. The van der Waals surface area contributed by atoms with Gasteiger partial charge in [0.1, 0.15) is 0 Å². The number of hydrogen-bond acceptors (Lipinski definition) is 6. The normalized spacial score (nSPS) is 10.6. The molecule has 0 atom stereocenters. The Labute approximate surface area is 142 Å². The standard InChI is InChI=1S/C18H25N3O3/c19-15-3-6-18(20-7-10-22)17(13-15)14-1-4-16(5-2-14)21(8-11-23)9-12-24/h1-6,13,20,22-24H,7-12,19H2. The van der Waals surface area contributed by atoms with E-state index in [1.54, 1.807) is 0 Å². The maximum Gasteiger partial charge on any atom is 0.0606 e. The first-order valence-electron chi connectivity index (χ1n) is 8.01. The van der Waals surface area contributed by atoms with Gasteiger partial charge in [-0.1, -0.05) is 12.1 Å². The van der Waals surface area contributed by atoms with E-state index in [1.807, 2.05) is 47.4 Å². The van der Waals surface area contributed by atoms with Gasteiger partial charge in [-0.25, -0.2) is 0 Å². The summed E-state index contributed by atoms with van der Waals surface area (Å²) in [7, 11) is 0. The highest BCUT2D eigenvalue weighted by atomic mass is 16.3. The Bertz CT molecular complexity index is 626. The summed E-state index contributed by atoms with van der Waals surface area (Å²) in [6.45, 7) is 1.54. The molecule has 0 aliphatic rings. The van der Waals surface area contributed by atoms with Crippen molar-refractivity contribution in [2.24, 2.45) is 0 Å². The van der Waals surface area contributed by atoms with Crippen molar-refractivity contribution in [1.82, 2.24) is 0 Å². The first-order valence-corrected chi connectivity index (χ1v) is 8.01. The topological polar surface area (TPSA) is 102 Å². The molecule has 0 aliphatic heterocycles. The van der Waals surface area contributed by atoms with E-state index in [0.29, 0.717) is 25.3 Å². The lowest BCUT2D eigenvalue weighted by Gasteiger charge is -2.23. The number of nitrogens with one attached hydrogen (secondary N) is 1. The van der Waals surface area contributed by atoms with E-state index in [-0.39, 0.29) is 19.8 Å². The fourth-order valence-electron chi connectivity index (χ4n) is 2.61. The molecule has 0 aromatic heterocycles. The second-order valence-electron chi connectivity index (χ2n) is 5.44. The molecule has 2 rings (SSSR count). The van der Waals surface area contributed by atoms with E-state index in [2.05, 4.69) is 5.32 Å². The molecule has 0 spiro atoms. The molecule has 0 unspecified atom stereocenters. The van der Waals surface area contributed by atoms with Crippen LogP contribution < -0.4 is 16.0 Å². The molecule has 24 heavy (non-hydrogen) atoms. The third-order valence-electron chi connectivity index (χ3n) is 3.75. The van der Waals surface area contributed by atoms with Gasteiger partial charge in [-0.15, -0.1) is 0 Å². The van der Waals surface area contributed by atoms with Gasteiger partial charge in [0, 0.05) is 42.3 Å². The number of nitrogens with two attached hydrogens (primary N) is 1. The van der Waals surface area contributed by atoms with Gasteiger partial charge < -0.3 is 31.3 Å². The smallest absolute Gasteiger partial charge is 0.0606 e. The summed E-state index contributed by atoms with van der Waals surface area (Å²) in [5.74, 6) is 0. The number of benzene rings is 2. The van der Waals surface area contributed by atoms with Crippen LogP contribution in [0, 0.1) is 0 Å². The van der Waals surface area contributed by atoms with Crippen LogP contribution in [0.3, 0.4) is 0 Å². The van der Waals surface area contributed by atoms with Crippen molar-refractivity contribution in [3.8, 4) is 11.1 Å². The Hall–Kier alpha value is -2.28. The van der Waals surface area contributed by atoms with E-state index in [9.17, 15) is 0 Å². The zero-order chi connectivity index (χ0) is 17.4. The molecule has 0 amide bonds. The lowest BCUT2D eigenvalue weighted by atomic mass is 10.0. The molecule has 6 nitrogen and oxygen atoms in total. The number of nitrogen functional groups attached to an aromatic ring is 1. The molecule has 6 heteroatoms. The maximum absolute atomic E-state index is 9.14. The summed E-state index contributed by atoms with van der Waals surface area (Å²) >= 11 is 0. The molecule has 2 aromatic rings. The third-order valence-corrected chi connectivity index (χ3v) is 3.75. The number of nitrogens with zero attached hydrogens (tertiary/aromatic N) is 1. The SMILES string of the molecule is Nc1ccc(NCCO)c(-c2ccc(N(CCO)CCO)cc2)c1. The van der Waals surface area contributed by atoms with Crippen LogP contribution in [0.1, 0.15) is 0 Å². The Kier molecular flexibility index (Phi) is 6.87. The summed E-state index contributed by atoms with van der Waals surface area (Å²) in [6.07, 6.45) is 0. The highest BCUT2D eigenvalue weighted by Gasteiger charge is 2.09. The minimum atomic E-state index is 0.0339. The summed E-state index contributed by atoms with van der Waals surface area (Å²) in [6, 6.07) is 13.5.